The number of ether oxygens (including phenoxy) is 1. The number of aromatic nitrogens is 1. The molecule has 3 aromatic carbocycles. The summed E-state index contributed by atoms with van der Waals surface area (Å²) in [6.45, 7) is -0.499. The number of nitrogens with zero attached hydrogens (tertiary/aromatic N) is 1. The van der Waals surface area contributed by atoms with Crippen molar-refractivity contribution in [3.8, 4) is 0 Å². The highest BCUT2D eigenvalue weighted by Gasteiger charge is 2.16. The molecule has 0 spiro atoms. The number of rotatable bonds is 6. The van der Waals surface area contributed by atoms with Crippen LogP contribution in [0.1, 0.15) is 26.4 Å². The minimum atomic E-state index is -0.699. The number of ketones is 1. The van der Waals surface area contributed by atoms with Gasteiger partial charge in [-0.15, -0.1) is 0 Å². The molecule has 0 aliphatic heterocycles. The minimum absolute atomic E-state index is 0.117. The molecular formula is C25H18N2O4. The van der Waals surface area contributed by atoms with E-state index in [9.17, 15) is 14.4 Å². The second-order valence-corrected chi connectivity index (χ2v) is 6.75. The van der Waals surface area contributed by atoms with Crippen molar-refractivity contribution >= 4 is 34.3 Å². The smallest absolute Gasteiger partial charge is 0.357 e. The van der Waals surface area contributed by atoms with Crippen LogP contribution in [0, 0.1) is 0 Å². The van der Waals surface area contributed by atoms with E-state index in [2.05, 4.69) is 10.3 Å². The van der Waals surface area contributed by atoms with Gasteiger partial charge < -0.3 is 10.1 Å². The van der Waals surface area contributed by atoms with Gasteiger partial charge in [0.25, 0.3) is 5.91 Å². The van der Waals surface area contributed by atoms with Crippen LogP contribution in [0.25, 0.3) is 10.9 Å². The highest BCUT2D eigenvalue weighted by Crippen LogP contribution is 2.19. The standard InChI is InChI=1S/C25H18N2O4/c28-23(16-31-25(30)22-15-14-17-8-4-6-12-20(17)26-22)27-21-13-7-5-11-19(21)24(29)18-9-2-1-3-10-18/h1-15H,16H2,(H,27,28). The molecule has 0 bridgehead atoms. The molecule has 0 aliphatic rings. The number of para-hydroxylation sites is 2. The lowest BCUT2D eigenvalue weighted by Crippen LogP contribution is -2.22. The van der Waals surface area contributed by atoms with Crippen molar-refractivity contribution in [1.82, 2.24) is 4.98 Å². The molecule has 1 N–H and O–H groups in total. The lowest BCUT2D eigenvalue weighted by molar-refractivity contribution is -0.119. The van der Waals surface area contributed by atoms with Gasteiger partial charge in [-0.05, 0) is 24.3 Å². The van der Waals surface area contributed by atoms with Gasteiger partial charge in [-0.2, -0.15) is 0 Å². The zero-order chi connectivity index (χ0) is 21.6. The number of anilines is 1. The largest absolute Gasteiger partial charge is 0.451 e. The highest BCUT2D eigenvalue weighted by atomic mass is 16.5. The molecule has 0 aliphatic carbocycles. The van der Waals surface area contributed by atoms with Crippen LogP contribution in [0.5, 0.6) is 0 Å². The average molecular weight is 410 g/mol. The molecule has 6 heteroatoms. The second-order valence-electron chi connectivity index (χ2n) is 6.75. The van der Waals surface area contributed by atoms with Crippen LogP contribution in [0.2, 0.25) is 0 Å². The predicted molar refractivity (Wildman–Crippen MR) is 117 cm³/mol. The Labute approximate surface area is 178 Å². The van der Waals surface area contributed by atoms with Crippen LogP contribution in [0.3, 0.4) is 0 Å². The Morgan fingerprint density at radius 1 is 0.774 bits per heavy atom. The first-order valence-corrected chi connectivity index (χ1v) is 9.63. The van der Waals surface area contributed by atoms with E-state index in [-0.39, 0.29) is 11.5 Å². The molecule has 0 fully saturated rings. The normalized spacial score (nSPS) is 10.5. The van der Waals surface area contributed by atoms with E-state index in [0.717, 1.165) is 5.39 Å². The van der Waals surface area contributed by atoms with Crippen LogP contribution in [-0.4, -0.2) is 29.3 Å². The number of pyridine rings is 1. The monoisotopic (exact) mass is 410 g/mol. The first kappa shape index (κ1) is 20.0. The predicted octanol–water partition coefficient (Wildman–Crippen LogP) is 4.26. The maximum atomic E-state index is 12.8. The molecule has 0 unspecified atom stereocenters. The molecule has 152 valence electrons. The summed E-state index contributed by atoms with van der Waals surface area (Å²) in [5, 5.41) is 3.54. The Morgan fingerprint density at radius 3 is 2.32 bits per heavy atom. The molecule has 4 rings (SSSR count). The highest BCUT2D eigenvalue weighted by molar-refractivity contribution is 6.14. The van der Waals surface area contributed by atoms with Gasteiger partial charge in [-0.1, -0.05) is 66.7 Å². The van der Waals surface area contributed by atoms with Gasteiger partial charge in [0, 0.05) is 16.5 Å². The third-order valence-corrected chi connectivity index (χ3v) is 4.62. The van der Waals surface area contributed by atoms with Crippen LogP contribution < -0.4 is 5.32 Å². The van der Waals surface area contributed by atoms with Crippen molar-refractivity contribution in [3.63, 3.8) is 0 Å². The van der Waals surface area contributed by atoms with E-state index in [1.807, 2.05) is 24.3 Å². The van der Waals surface area contributed by atoms with E-state index in [1.54, 1.807) is 66.7 Å². The average Bonchev–Trinajstić information content (AvgIpc) is 2.82. The van der Waals surface area contributed by atoms with Crippen LogP contribution in [0.15, 0.2) is 91.0 Å². The Hall–Kier alpha value is -4.32. The zero-order valence-corrected chi connectivity index (χ0v) is 16.4. The Balaban J connectivity index is 1.42. The minimum Gasteiger partial charge on any atom is -0.451 e. The summed E-state index contributed by atoms with van der Waals surface area (Å²) in [5.74, 6) is -1.47. The van der Waals surface area contributed by atoms with Crippen molar-refractivity contribution < 1.29 is 19.1 Å². The molecule has 0 saturated carbocycles. The third-order valence-electron chi connectivity index (χ3n) is 4.62. The number of hydrogen-bond acceptors (Lipinski definition) is 5. The van der Waals surface area contributed by atoms with Crippen LogP contribution >= 0.6 is 0 Å². The first-order valence-electron chi connectivity index (χ1n) is 9.63. The van der Waals surface area contributed by atoms with E-state index in [0.29, 0.717) is 22.3 Å². The van der Waals surface area contributed by atoms with Crippen molar-refractivity contribution in [2.24, 2.45) is 0 Å². The zero-order valence-electron chi connectivity index (χ0n) is 16.4. The number of hydrogen-bond donors (Lipinski definition) is 1. The molecular weight excluding hydrogens is 392 g/mol. The Morgan fingerprint density at radius 2 is 1.48 bits per heavy atom. The number of carbonyl (C=O) groups is 3. The molecule has 0 saturated heterocycles. The van der Waals surface area contributed by atoms with E-state index in [4.69, 9.17) is 4.74 Å². The summed E-state index contributed by atoms with van der Waals surface area (Å²) in [6.07, 6.45) is 0. The van der Waals surface area contributed by atoms with Gasteiger partial charge in [0.15, 0.2) is 12.4 Å². The fourth-order valence-corrected chi connectivity index (χ4v) is 3.11. The molecule has 1 amide bonds. The van der Waals surface area contributed by atoms with Crippen molar-refractivity contribution in [1.29, 1.82) is 0 Å². The number of fused-ring (bicyclic) bond motifs is 1. The SMILES string of the molecule is O=C(COC(=O)c1ccc2ccccc2n1)Nc1ccccc1C(=O)c1ccccc1. The van der Waals surface area contributed by atoms with Crippen molar-refractivity contribution in [2.75, 3.05) is 11.9 Å². The van der Waals surface area contributed by atoms with E-state index < -0.39 is 18.5 Å². The molecule has 4 aromatic rings. The summed E-state index contributed by atoms with van der Waals surface area (Å²) in [6, 6.07) is 26.2. The van der Waals surface area contributed by atoms with E-state index >= 15 is 0 Å². The van der Waals surface area contributed by atoms with Crippen LogP contribution in [-0.2, 0) is 9.53 Å². The summed E-state index contributed by atoms with van der Waals surface area (Å²) in [7, 11) is 0. The Bertz CT molecular complexity index is 1270. The summed E-state index contributed by atoms with van der Waals surface area (Å²) >= 11 is 0. The van der Waals surface area contributed by atoms with Gasteiger partial charge in [-0.25, -0.2) is 9.78 Å². The number of esters is 1. The van der Waals surface area contributed by atoms with Gasteiger partial charge in [-0.3, -0.25) is 9.59 Å². The molecule has 0 radical (unpaired) electrons. The summed E-state index contributed by atoms with van der Waals surface area (Å²) in [4.78, 5) is 41.7. The molecule has 6 nitrogen and oxygen atoms in total. The first-order chi connectivity index (χ1) is 15.1. The maximum Gasteiger partial charge on any atom is 0.357 e. The number of carbonyl (C=O) groups excluding carboxylic acids is 3. The topological polar surface area (TPSA) is 85.4 Å². The molecule has 1 heterocycles. The lowest BCUT2D eigenvalue weighted by Gasteiger charge is -2.11. The maximum absolute atomic E-state index is 12.8. The number of nitrogens with one attached hydrogen (secondary N) is 1. The van der Waals surface area contributed by atoms with Crippen molar-refractivity contribution in [2.45, 2.75) is 0 Å². The van der Waals surface area contributed by atoms with Crippen molar-refractivity contribution in [3.05, 3.63) is 108 Å². The van der Waals surface area contributed by atoms with Crippen LogP contribution in [0.4, 0.5) is 5.69 Å². The van der Waals surface area contributed by atoms with E-state index in [1.165, 1.54) is 0 Å². The molecule has 1 aromatic heterocycles. The van der Waals surface area contributed by atoms with Gasteiger partial charge in [0.05, 0.1) is 11.2 Å². The lowest BCUT2D eigenvalue weighted by atomic mass is 10.0. The third kappa shape index (κ3) is 4.64. The quantitative estimate of drug-likeness (QED) is 0.379. The summed E-state index contributed by atoms with van der Waals surface area (Å²) < 4.78 is 5.10. The molecule has 31 heavy (non-hydrogen) atoms. The van der Waals surface area contributed by atoms with Gasteiger partial charge >= 0.3 is 5.97 Å². The molecule has 0 atom stereocenters. The Kier molecular flexibility index (Phi) is 5.80. The van der Waals surface area contributed by atoms with Gasteiger partial charge in [0.1, 0.15) is 5.69 Å². The van der Waals surface area contributed by atoms with Gasteiger partial charge in [0.2, 0.25) is 0 Å². The number of benzene rings is 3. The summed E-state index contributed by atoms with van der Waals surface area (Å²) in [5.41, 5.74) is 1.99. The fourth-order valence-electron chi connectivity index (χ4n) is 3.11. The second kappa shape index (κ2) is 9.00. The number of amides is 1. The fraction of sp³-hybridized carbons (Fsp3) is 0.0400.